The van der Waals surface area contributed by atoms with Gasteiger partial charge in [-0.25, -0.2) is 0 Å². The number of aromatic nitrogens is 2. The van der Waals surface area contributed by atoms with Crippen molar-refractivity contribution >= 4 is 0 Å². The second kappa shape index (κ2) is 4.06. The maximum atomic E-state index is 4.24. The lowest BCUT2D eigenvalue weighted by Gasteiger charge is -2.42. The third-order valence-corrected chi connectivity index (χ3v) is 3.88. The van der Waals surface area contributed by atoms with Crippen LogP contribution in [0.5, 0.6) is 0 Å². The summed E-state index contributed by atoms with van der Waals surface area (Å²) in [7, 11) is 0. The Bertz CT molecular complexity index is 369. The molecule has 4 unspecified atom stereocenters. The van der Waals surface area contributed by atoms with Gasteiger partial charge in [0.2, 0.25) is 0 Å². The zero-order valence-corrected chi connectivity index (χ0v) is 9.71. The van der Waals surface area contributed by atoms with Crippen molar-refractivity contribution in [1.29, 1.82) is 0 Å². The topological polar surface area (TPSA) is 29.9 Å². The van der Waals surface area contributed by atoms with Crippen molar-refractivity contribution in [3.05, 3.63) is 30.6 Å². The van der Waals surface area contributed by atoms with Crippen LogP contribution in [-0.4, -0.2) is 21.9 Å². The molecule has 1 saturated carbocycles. The average molecular weight is 217 g/mol. The highest BCUT2D eigenvalue weighted by molar-refractivity contribution is 5.13. The summed E-state index contributed by atoms with van der Waals surface area (Å²) in [5.41, 5.74) is 0. The van der Waals surface area contributed by atoms with Gasteiger partial charge in [-0.1, -0.05) is 12.2 Å². The Balaban J connectivity index is 1.50. The minimum absolute atomic E-state index is 0.500. The zero-order chi connectivity index (χ0) is 11.0. The van der Waals surface area contributed by atoms with E-state index < -0.39 is 0 Å². The third-order valence-electron chi connectivity index (χ3n) is 3.88. The predicted molar refractivity (Wildman–Crippen MR) is 64.0 cm³/mol. The molecule has 0 spiro atoms. The van der Waals surface area contributed by atoms with Crippen molar-refractivity contribution in [2.24, 2.45) is 11.8 Å². The molecule has 0 saturated heterocycles. The van der Waals surface area contributed by atoms with Crippen LogP contribution in [0.1, 0.15) is 19.8 Å². The maximum absolute atomic E-state index is 4.24. The van der Waals surface area contributed by atoms with E-state index in [1.54, 1.807) is 0 Å². The van der Waals surface area contributed by atoms with Gasteiger partial charge >= 0.3 is 0 Å². The molecule has 0 aliphatic heterocycles. The lowest BCUT2D eigenvalue weighted by atomic mass is 9.71. The van der Waals surface area contributed by atoms with Crippen molar-refractivity contribution in [2.45, 2.75) is 38.4 Å². The first-order valence-electron chi connectivity index (χ1n) is 6.23. The van der Waals surface area contributed by atoms with Crippen LogP contribution in [-0.2, 0) is 6.54 Å². The van der Waals surface area contributed by atoms with Crippen molar-refractivity contribution < 1.29 is 0 Å². The van der Waals surface area contributed by atoms with Crippen LogP contribution in [0.15, 0.2) is 30.6 Å². The number of rotatable bonds is 4. The number of nitrogens with one attached hydrogen (secondary N) is 1. The number of hydrogen-bond donors (Lipinski definition) is 1. The first kappa shape index (κ1) is 10.1. The standard InChI is InChI=1S/C13H19N3/c1-10(9-16-7-3-6-14-16)15-13-8-11-4-2-5-12(11)13/h2-3,5-7,10-13,15H,4,8-9H2,1H3. The molecule has 0 aromatic carbocycles. The number of hydrogen-bond acceptors (Lipinski definition) is 2. The van der Waals surface area contributed by atoms with Crippen molar-refractivity contribution in [3.8, 4) is 0 Å². The maximum Gasteiger partial charge on any atom is 0.0560 e. The molecule has 4 atom stereocenters. The Morgan fingerprint density at radius 2 is 2.50 bits per heavy atom. The second-order valence-corrected chi connectivity index (χ2v) is 5.14. The normalized spacial score (nSPS) is 33.4. The van der Waals surface area contributed by atoms with Gasteiger partial charge in [0, 0.05) is 24.5 Å². The summed E-state index contributed by atoms with van der Waals surface area (Å²) in [6.07, 6.45) is 11.3. The molecular formula is C13H19N3. The Hall–Kier alpha value is -1.09. The third kappa shape index (κ3) is 1.80. The SMILES string of the molecule is CC(Cn1cccn1)NC1CC2CC=CC21. The molecule has 1 aromatic rings. The van der Waals surface area contributed by atoms with Crippen molar-refractivity contribution in [3.63, 3.8) is 0 Å². The Kier molecular flexibility index (Phi) is 2.56. The van der Waals surface area contributed by atoms with Crippen LogP contribution in [0.3, 0.4) is 0 Å². The molecule has 2 aliphatic carbocycles. The Labute approximate surface area is 96.5 Å². The Morgan fingerprint density at radius 3 is 3.25 bits per heavy atom. The minimum Gasteiger partial charge on any atom is -0.309 e. The summed E-state index contributed by atoms with van der Waals surface area (Å²) in [4.78, 5) is 0. The van der Waals surface area contributed by atoms with Gasteiger partial charge in [0.1, 0.15) is 0 Å². The molecule has 1 aromatic heterocycles. The molecule has 3 rings (SSSR count). The first-order valence-corrected chi connectivity index (χ1v) is 6.23. The Morgan fingerprint density at radius 1 is 1.56 bits per heavy atom. The van der Waals surface area contributed by atoms with Gasteiger partial charge in [0.05, 0.1) is 6.54 Å². The summed E-state index contributed by atoms with van der Waals surface area (Å²) in [5.74, 6) is 1.74. The summed E-state index contributed by atoms with van der Waals surface area (Å²) >= 11 is 0. The highest BCUT2D eigenvalue weighted by Gasteiger charge is 2.41. The number of fused-ring (bicyclic) bond motifs is 1. The highest BCUT2D eigenvalue weighted by atomic mass is 15.3. The second-order valence-electron chi connectivity index (χ2n) is 5.14. The highest BCUT2D eigenvalue weighted by Crippen LogP contribution is 2.42. The van der Waals surface area contributed by atoms with Gasteiger partial charge in [-0.05, 0) is 37.7 Å². The van der Waals surface area contributed by atoms with E-state index in [0.717, 1.165) is 18.4 Å². The molecule has 0 radical (unpaired) electrons. The summed E-state index contributed by atoms with van der Waals surface area (Å²) < 4.78 is 2.00. The number of allylic oxidation sites excluding steroid dienone is 1. The molecule has 0 bridgehead atoms. The summed E-state index contributed by atoms with van der Waals surface area (Å²) in [6, 6.07) is 3.18. The van der Waals surface area contributed by atoms with E-state index in [9.17, 15) is 0 Å². The molecule has 1 heterocycles. The van der Waals surface area contributed by atoms with E-state index in [2.05, 4.69) is 29.5 Å². The van der Waals surface area contributed by atoms with Crippen LogP contribution in [0.2, 0.25) is 0 Å². The van der Waals surface area contributed by atoms with Crippen LogP contribution in [0.25, 0.3) is 0 Å². The molecule has 16 heavy (non-hydrogen) atoms. The molecular weight excluding hydrogens is 198 g/mol. The van der Waals surface area contributed by atoms with Crippen molar-refractivity contribution in [1.82, 2.24) is 15.1 Å². The molecule has 0 amide bonds. The molecule has 1 N–H and O–H groups in total. The molecule has 86 valence electrons. The summed E-state index contributed by atoms with van der Waals surface area (Å²) in [5, 5.41) is 7.95. The quantitative estimate of drug-likeness (QED) is 0.780. The molecule has 3 heteroatoms. The van der Waals surface area contributed by atoms with Crippen LogP contribution < -0.4 is 5.32 Å². The lowest BCUT2D eigenvalue weighted by Crippen LogP contribution is -2.51. The monoisotopic (exact) mass is 217 g/mol. The van der Waals surface area contributed by atoms with Crippen LogP contribution in [0.4, 0.5) is 0 Å². The fourth-order valence-corrected chi connectivity index (χ4v) is 3.01. The van der Waals surface area contributed by atoms with Gasteiger partial charge in [-0.15, -0.1) is 0 Å². The van der Waals surface area contributed by atoms with Gasteiger partial charge in [0.25, 0.3) is 0 Å². The van der Waals surface area contributed by atoms with Gasteiger partial charge in [-0.2, -0.15) is 5.10 Å². The van der Waals surface area contributed by atoms with Crippen LogP contribution in [0, 0.1) is 11.8 Å². The van der Waals surface area contributed by atoms with E-state index in [4.69, 9.17) is 0 Å². The van der Waals surface area contributed by atoms with Gasteiger partial charge in [0.15, 0.2) is 0 Å². The van der Waals surface area contributed by atoms with Gasteiger partial charge in [-0.3, -0.25) is 4.68 Å². The molecule has 3 nitrogen and oxygen atoms in total. The van der Waals surface area contributed by atoms with E-state index in [-0.39, 0.29) is 0 Å². The average Bonchev–Trinajstić information content (AvgIpc) is 2.84. The van der Waals surface area contributed by atoms with E-state index in [1.165, 1.54) is 12.8 Å². The van der Waals surface area contributed by atoms with E-state index in [1.807, 2.05) is 23.1 Å². The van der Waals surface area contributed by atoms with Crippen LogP contribution >= 0.6 is 0 Å². The number of nitrogens with zero attached hydrogens (tertiary/aromatic N) is 2. The van der Waals surface area contributed by atoms with E-state index in [0.29, 0.717) is 12.1 Å². The smallest absolute Gasteiger partial charge is 0.0560 e. The molecule has 1 fully saturated rings. The largest absolute Gasteiger partial charge is 0.309 e. The predicted octanol–water partition coefficient (Wildman–Crippen LogP) is 1.83. The first-order chi connectivity index (χ1) is 7.83. The fourth-order valence-electron chi connectivity index (χ4n) is 3.01. The van der Waals surface area contributed by atoms with Crippen molar-refractivity contribution in [2.75, 3.05) is 0 Å². The molecule has 2 aliphatic rings. The van der Waals surface area contributed by atoms with Gasteiger partial charge < -0.3 is 5.32 Å². The van der Waals surface area contributed by atoms with E-state index >= 15 is 0 Å². The lowest BCUT2D eigenvalue weighted by molar-refractivity contribution is 0.148. The minimum atomic E-state index is 0.500. The summed E-state index contributed by atoms with van der Waals surface area (Å²) in [6.45, 7) is 3.21. The zero-order valence-electron chi connectivity index (χ0n) is 9.71. The fraction of sp³-hybridized carbons (Fsp3) is 0.615.